The summed E-state index contributed by atoms with van der Waals surface area (Å²) in [5, 5.41) is 7.70. The fraction of sp³-hybridized carbons (Fsp3) is 0.417. The highest BCUT2D eigenvalue weighted by molar-refractivity contribution is 7.89. The van der Waals surface area contributed by atoms with E-state index in [1.54, 1.807) is 12.1 Å². The molecule has 0 saturated carbocycles. The van der Waals surface area contributed by atoms with Gasteiger partial charge in [-0.25, -0.2) is 13.6 Å². The van der Waals surface area contributed by atoms with Gasteiger partial charge in [0.15, 0.2) is 0 Å². The molecule has 19 heavy (non-hydrogen) atoms. The Morgan fingerprint density at radius 1 is 1.42 bits per heavy atom. The van der Waals surface area contributed by atoms with E-state index in [1.807, 2.05) is 6.92 Å². The minimum Gasteiger partial charge on any atom is -0.351 e. The van der Waals surface area contributed by atoms with Crippen LogP contribution >= 0.6 is 0 Å². The fourth-order valence-electron chi connectivity index (χ4n) is 1.59. The van der Waals surface area contributed by atoms with Gasteiger partial charge in [-0.3, -0.25) is 4.79 Å². The number of nitrogens with two attached hydrogens (primary N) is 2. The lowest BCUT2D eigenvalue weighted by Gasteiger charge is -2.11. The van der Waals surface area contributed by atoms with Crippen LogP contribution in [0.4, 0.5) is 0 Å². The third-order valence-electron chi connectivity index (χ3n) is 2.63. The van der Waals surface area contributed by atoms with Gasteiger partial charge < -0.3 is 11.1 Å². The molecular formula is C12H19N3O3S. The molecule has 0 spiro atoms. The number of sulfonamides is 1. The van der Waals surface area contributed by atoms with Gasteiger partial charge in [0.2, 0.25) is 15.9 Å². The molecule has 0 aliphatic heterocycles. The maximum atomic E-state index is 11.6. The molecule has 0 aliphatic rings. The number of rotatable bonds is 6. The first-order valence-electron chi connectivity index (χ1n) is 5.99. The third kappa shape index (κ3) is 4.98. The summed E-state index contributed by atoms with van der Waals surface area (Å²) in [6.07, 6.45) is 1.44. The Hall–Kier alpha value is -1.44. The second-order valence-electron chi connectivity index (χ2n) is 4.31. The standard InChI is InChI=1S/C12H19N3O3S/c1-2-4-11(13)12(16)15-8-9-5-3-6-10(7-9)19(14,17)18/h3,5-7,11H,2,4,8,13H2,1H3,(H,15,16)(H2,14,17,18)/t11-/m0/s1. The monoisotopic (exact) mass is 285 g/mol. The predicted octanol–water partition coefficient (Wildman–Crippen LogP) is 0.0776. The first-order chi connectivity index (χ1) is 8.84. The lowest BCUT2D eigenvalue weighted by atomic mass is 10.1. The molecule has 0 fully saturated rings. The molecule has 1 atom stereocenters. The van der Waals surface area contributed by atoms with Gasteiger partial charge >= 0.3 is 0 Å². The topological polar surface area (TPSA) is 115 Å². The van der Waals surface area contributed by atoms with E-state index >= 15 is 0 Å². The van der Waals surface area contributed by atoms with Crippen molar-refractivity contribution in [1.29, 1.82) is 0 Å². The molecule has 1 aromatic rings. The van der Waals surface area contributed by atoms with E-state index in [9.17, 15) is 13.2 Å². The minimum atomic E-state index is -3.73. The summed E-state index contributed by atoms with van der Waals surface area (Å²) in [5.41, 5.74) is 6.32. The summed E-state index contributed by atoms with van der Waals surface area (Å²) in [5.74, 6) is -0.247. The molecule has 0 aromatic heterocycles. The molecule has 7 heteroatoms. The number of carbonyl (C=O) groups excluding carboxylic acids is 1. The van der Waals surface area contributed by atoms with Gasteiger partial charge in [-0.1, -0.05) is 25.5 Å². The van der Waals surface area contributed by atoms with Gasteiger partial charge in [0.05, 0.1) is 10.9 Å². The van der Waals surface area contributed by atoms with Gasteiger partial charge in [-0.2, -0.15) is 0 Å². The van der Waals surface area contributed by atoms with Crippen molar-refractivity contribution in [3.63, 3.8) is 0 Å². The largest absolute Gasteiger partial charge is 0.351 e. The summed E-state index contributed by atoms with van der Waals surface area (Å²) < 4.78 is 22.4. The van der Waals surface area contributed by atoms with E-state index in [2.05, 4.69) is 5.32 Å². The van der Waals surface area contributed by atoms with E-state index in [0.29, 0.717) is 12.0 Å². The zero-order valence-electron chi connectivity index (χ0n) is 10.8. The molecule has 0 radical (unpaired) electrons. The van der Waals surface area contributed by atoms with Crippen LogP contribution in [0.5, 0.6) is 0 Å². The maximum Gasteiger partial charge on any atom is 0.238 e. The number of nitrogens with one attached hydrogen (secondary N) is 1. The Morgan fingerprint density at radius 2 is 2.11 bits per heavy atom. The Kier molecular flexibility index (Phi) is 5.46. The average molecular weight is 285 g/mol. The van der Waals surface area contributed by atoms with Crippen LogP contribution in [0.3, 0.4) is 0 Å². The summed E-state index contributed by atoms with van der Waals surface area (Å²) in [6.45, 7) is 2.17. The van der Waals surface area contributed by atoms with Crippen molar-refractivity contribution in [1.82, 2.24) is 5.32 Å². The molecule has 0 unspecified atom stereocenters. The summed E-state index contributed by atoms with van der Waals surface area (Å²) >= 11 is 0. The van der Waals surface area contributed by atoms with Crippen molar-refractivity contribution in [2.75, 3.05) is 0 Å². The SMILES string of the molecule is CCC[C@H](N)C(=O)NCc1cccc(S(N)(=O)=O)c1. The smallest absolute Gasteiger partial charge is 0.238 e. The quantitative estimate of drug-likeness (QED) is 0.686. The maximum absolute atomic E-state index is 11.6. The van der Waals surface area contributed by atoms with Crippen LogP contribution in [0.15, 0.2) is 29.2 Å². The normalized spacial score (nSPS) is 13.0. The van der Waals surface area contributed by atoms with E-state index < -0.39 is 16.1 Å². The highest BCUT2D eigenvalue weighted by Crippen LogP contribution is 2.09. The van der Waals surface area contributed by atoms with Gasteiger partial charge in [0, 0.05) is 6.54 Å². The summed E-state index contributed by atoms with van der Waals surface area (Å²) in [6, 6.07) is 5.59. The molecule has 0 aliphatic carbocycles. The first-order valence-corrected chi connectivity index (χ1v) is 7.54. The highest BCUT2D eigenvalue weighted by Gasteiger charge is 2.12. The van der Waals surface area contributed by atoms with Crippen LogP contribution in [0.1, 0.15) is 25.3 Å². The van der Waals surface area contributed by atoms with Crippen molar-refractivity contribution < 1.29 is 13.2 Å². The molecule has 1 rings (SSSR count). The van der Waals surface area contributed by atoms with Gasteiger partial charge in [0.1, 0.15) is 0 Å². The van der Waals surface area contributed by atoms with Gasteiger partial charge in [-0.15, -0.1) is 0 Å². The fourth-order valence-corrected chi connectivity index (χ4v) is 2.18. The predicted molar refractivity (Wildman–Crippen MR) is 72.5 cm³/mol. The van der Waals surface area contributed by atoms with Gasteiger partial charge in [0.25, 0.3) is 0 Å². The highest BCUT2D eigenvalue weighted by atomic mass is 32.2. The lowest BCUT2D eigenvalue weighted by molar-refractivity contribution is -0.122. The first kappa shape index (κ1) is 15.6. The Labute approximate surface area is 113 Å². The van der Waals surface area contributed by atoms with Crippen LogP contribution < -0.4 is 16.2 Å². The Morgan fingerprint density at radius 3 is 2.68 bits per heavy atom. The van der Waals surface area contributed by atoms with Crippen LogP contribution in [0.25, 0.3) is 0 Å². The van der Waals surface area contributed by atoms with Crippen molar-refractivity contribution in [3.8, 4) is 0 Å². The van der Waals surface area contributed by atoms with Crippen molar-refractivity contribution >= 4 is 15.9 Å². The molecule has 0 bridgehead atoms. The number of hydrogen-bond acceptors (Lipinski definition) is 4. The van der Waals surface area contributed by atoms with Crippen LogP contribution in [0, 0.1) is 0 Å². The number of benzene rings is 1. The van der Waals surface area contributed by atoms with Gasteiger partial charge in [-0.05, 0) is 24.1 Å². The number of primary sulfonamides is 1. The Balaban J connectivity index is 2.66. The number of carbonyl (C=O) groups is 1. The molecule has 106 valence electrons. The lowest BCUT2D eigenvalue weighted by Crippen LogP contribution is -2.40. The van der Waals surface area contributed by atoms with Crippen molar-refractivity contribution in [2.24, 2.45) is 10.9 Å². The molecule has 1 amide bonds. The zero-order chi connectivity index (χ0) is 14.5. The Bertz CT molecular complexity index is 543. The van der Waals surface area contributed by atoms with E-state index in [-0.39, 0.29) is 17.3 Å². The third-order valence-corrected chi connectivity index (χ3v) is 3.54. The van der Waals surface area contributed by atoms with E-state index in [1.165, 1.54) is 12.1 Å². The zero-order valence-corrected chi connectivity index (χ0v) is 11.6. The molecule has 0 heterocycles. The van der Waals surface area contributed by atoms with Crippen LogP contribution in [-0.4, -0.2) is 20.4 Å². The molecule has 6 nitrogen and oxygen atoms in total. The van der Waals surface area contributed by atoms with Crippen LogP contribution in [-0.2, 0) is 21.4 Å². The minimum absolute atomic E-state index is 0.0251. The van der Waals surface area contributed by atoms with E-state index in [0.717, 1.165) is 6.42 Å². The summed E-state index contributed by atoms with van der Waals surface area (Å²) in [4.78, 5) is 11.6. The number of hydrogen-bond donors (Lipinski definition) is 3. The second kappa shape index (κ2) is 6.65. The average Bonchev–Trinajstić information content (AvgIpc) is 2.35. The van der Waals surface area contributed by atoms with Crippen LogP contribution in [0.2, 0.25) is 0 Å². The molecule has 0 saturated heterocycles. The van der Waals surface area contributed by atoms with E-state index in [4.69, 9.17) is 10.9 Å². The molecule has 5 N–H and O–H groups in total. The molecule has 1 aromatic carbocycles. The van der Waals surface area contributed by atoms with Crippen molar-refractivity contribution in [3.05, 3.63) is 29.8 Å². The second-order valence-corrected chi connectivity index (χ2v) is 5.87. The van der Waals surface area contributed by atoms with Crippen molar-refractivity contribution in [2.45, 2.75) is 37.2 Å². The number of amides is 1. The summed E-state index contributed by atoms with van der Waals surface area (Å²) in [7, 11) is -3.73. The molecular weight excluding hydrogens is 266 g/mol.